The van der Waals surface area contributed by atoms with E-state index < -0.39 is 77.6 Å². The van der Waals surface area contributed by atoms with Gasteiger partial charge in [-0.15, -0.1) is 23.0 Å². The molecule has 2 aromatic heterocycles. The number of carbonyl (C=O) groups is 9. The predicted octanol–water partition coefficient (Wildman–Crippen LogP) is 6.47. The maximum Gasteiger partial charge on any atom is 0.526 e. The largest absolute Gasteiger partial charge is 0.535 e. The molecular weight excluding hydrogens is 1360 g/mol. The normalized spacial score (nSPS) is 18.2. The Morgan fingerprint density at radius 3 is 1.90 bits per heavy atom. The van der Waals surface area contributed by atoms with Crippen LogP contribution in [0, 0.1) is 41.9 Å². The standard InChI is InChI=1S/C33H47BN4O7.C17H20BN5O6.C10H16N2O3.C3H2O2.C2H6.BCl3/c1-9-13-35-29(40)25-19-38(37-36-25)18-23(39)17-22(34-44-27-16-21-15-26(32(21,5)6)33(27,7)45-34)14-20-11-10-12-24(28(20)42-8)30(41)43-31(2,3)4;19-4-5-20-16(25)14-9-23(22-21-14)8-12(24)7-11-6-10-2-1-3-13(17(26)27)15(10)29-18(11)28;1-5-8(13)11-6-7-12-9(14)15-10(2,3)4;1-2-3(4)5;1-2;2-1(3)4/h10-12,19,21-22,26-27H,9,13-18H2,1-8H3,(H,35,40);1-3,9,11,28H,4-8,19H2,(H,20,25)(H,26,27);1H,6-7H2,2-4H3,(H,11,13)(H,12,14);1H,(H,4,5);1-2H3;/t21-,22+,26-,27+,33-;11-;;;;/m01..../s1/i;;;;1D;. The minimum atomic E-state index is -1.31. The van der Waals surface area contributed by atoms with E-state index in [1.165, 1.54) is 40.9 Å². The number of benzene rings is 2. The molecule has 9 N–H and O–H groups in total. The summed E-state index contributed by atoms with van der Waals surface area (Å²) in [6, 6.07) is 10.1. The van der Waals surface area contributed by atoms with Crippen molar-refractivity contribution in [1.82, 2.24) is 51.3 Å². The Kier molecular flexibility index (Phi) is 33.9. The lowest BCUT2D eigenvalue weighted by atomic mass is 9.43. The molecule has 35 heteroatoms. The number of ether oxygens (including phenoxy) is 3. The molecule has 4 amide bonds. The van der Waals surface area contributed by atoms with Gasteiger partial charge in [0.2, 0.25) is 0 Å². The summed E-state index contributed by atoms with van der Waals surface area (Å²) in [4.78, 5) is 105. The monoisotopic (exact) mass is 1450 g/mol. The summed E-state index contributed by atoms with van der Waals surface area (Å²) < 4.78 is 44.1. The van der Waals surface area contributed by atoms with Crippen molar-refractivity contribution in [3.63, 3.8) is 0 Å². The second-order valence-electron chi connectivity index (χ2n) is 25.8. The fourth-order valence-electron chi connectivity index (χ4n) is 11.3. The van der Waals surface area contributed by atoms with Crippen LogP contribution in [0.4, 0.5) is 4.79 Å². The molecule has 1 saturated heterocycles. The number of nitrogens with one attached hydrogen (secondary N) is 4. The highest BCUT2D eigenvalue weighted by Gasteiger charge is 2.68. The van der Waals surface area contributed by atoms with E-state index in [4.69, 9.17) is 86.0 Å². The van der Waals surface area contributed by atoms with Crippen LogP contribution in [0.25, 0.3) is 0 Å². The third-order valence-corrected chi connectivity index (χ3v) is 15.7. The summed E-state index contributed by atoms with van der Waals surface area (Å²) in [6.07, 6.45) is 15.1. The number of halogens is 3. The number of alkyl carbamates (subject to hydrolysis) is 1. The van der Waals surface area contributed by atoms with E-state index in [-0.39, 0.29) is 96.5 Å². The molecule has 4 fully saturated rings. The highest BCUT2D eigenvalue weighted by molar-refractivity contribution is 7.54. The average Bonchev–Trinajstić information content (AvgIpc) is 1.62. The number of carbonyl (C=O) groups excluding carboxylic acids is 7. The van der Waals surface area contributed by atoms with E-state index in [1.54, 1.807) is 52.0 Å². The number of carboxylic acid groups (broad SMARTS) is 2. The summed E-state index contributed by atoms with van der Waals surface area (Å²) in [5.74, 6) is -0.529. The molecule has 9 rings (SSSR count). The molecule has 0 unspecified atom stereocenters. The Morgan fingerprint density at radius 2 is 1.38 bits per heavy atom. The van der Waals surface area contributed by atoms with E-state index in [2.05, 4.69) is 69.1 Å². The fourth-order valence-corrected chi connectivity index (χ4v) is 11.3. The average molecular weight is 1450 g/mol. The van der Waals surface area contributed by atoms with Crippen LogP contribution in [0.2, 0.25) is 11.6 Å². The van der Waals surface area contributed by atoms with Crippen LogP contribution < -0.4 is 36.4 Å². The first-order valence-corrected chi connectivity index (χ1v) is 33.3. The van der Waals surface area contributed by atoms with Gasteiger partial charge in [0, 0.05) is 64.5 Å². The van der Waals surface area contributed by atoms with Crippen LogP contribution in [0.5, 0.6) is 11.5 Å². The summed E-state index contributed by atoms with van der Waals surface area (Å²) in [5.41, 5.74) is 5.76. The Morgan fingerprint density at radius 1 is 0.830 bits per heavy atom. The van der Waals surface area contributed by atoms with E-state index >= 15 is 0 Å². The minimum Gasteiger partial charge on any atom is -0.535 e. The van der Waals surface area contributed by atoms with Crippen molar-refractivity contribution in [1.29, 1.82) is 0 Å². The number of ketones is 2. The topological polar surface area (TPSA) is 405 Å². The zero-order chi connectivity index (χ0) is 76.2. The van der Waals surface area contributed by atoms with Crippen molar-refractivity contribution in [2.45, 2.75) is 176 Å². The quantitative estimate of drug-likeness (QED) is 0.0171. The number of hydrogen-bond donors (Lipinski definition) is 8. The molecule has 4 aromatic rings. The number of aromatic carboxylic acids is 1. The van der Waals surface area contributed by atoms with Crippen LogP contribution in [-0.2, 0) is 63.9 Å². The minimum absolute atomic E-state index is 0.00747. The third-order valence-electron chi connectivity index (χ3n) is 15.7. The molecule has 0 radical (unpaired) electrons. The van der Waals surface area contributed by atoms with E-state index in [0.717, 1.165) is 24.8 Å². The Bertz CT molecular complexity index is 3560. The SMILES string of the molecule is C#CC(=O)NCCNC(=O)OC(C)(C)C.C#CC(=O)O.CCCNC(=O)c1cn(CC(=O)C[C@@H](Cc2cccc(C(=O)OC(C)(C)C)c2OC)B2O[C@@H]3C[C@@H]4C[C@@H](C4(C)C)[C@]3(C)O2)nn1.ClB(Cl)Cl.NCCNC(=O)c1cn(CC(=O)C[C@H]2Cc3cccc(C(=O)O)c3OB2O)nn1.[2H]CC. The van der Waals surface area contributed by atoms with Crippen LogP contribution in [-0.4, -0.2) is 180 Å². The zero-order valence-electron chi connectivity index (χ0n) is 59.4. The first kappa shape index (κ1) is 84.2. The second-order valence-corrected chi connectivity index (χ2v) is 27.8. The number of hydrogen-bond acceptors (Lipinski definition) is 21. The Hall–Kier alpha value is -8.23. The number of fused-ring (bicyclic) bond motifs is 1. The Labute approximate surface area is 600 Å². The molecule has 6 atom stereocenters. The molecule has 544 valence electrons. The molecular formula is C65H91B3Cl3N11O18. The molecule has 2 aromatic carbocycles. The lowest BCUT2D eigenvalue weighted by Crippen LogP contribution is -2.65. The lowest BCUT2D eigenvalue weighted by Gasteiger charge is -2.64. The van der Waals surface area contributed by atoms with Gasteiger partial charge in [-0.1, -0.05) is 69.3 Å². The summed E-state index contributed by atoms with van der Waals surface area (Å²) in [6.45, 7) is 23.3. The van der Waals surface area contributed by atoms with E-state index in [9.17, 15) is 48.5 Å². The molecule has 5 aliphatic rings. The number of aromatic nitrogens is 6. The van der Waals surface area contributed by atoms with Crippen molar-refractivity contribution in [3.8, 4) is 36.2 Å². The number of terminal acetylenes is 2. The summed E-state index contributed by atoms with van der Waals surface area (Å²) in [7, 11) is -0.403. The molecule has 3 aliphatic carbocycles. The van der Waals surface area contributed by atoms with Gasteiger partial charge in [0.15, 0.2) is 23.0 Å². The van der Waals surface area contributed by atoms with Gasteiger partial charge in [0.05, 0.1) is 36.8 Å². The zero-order valence-corrected chi connectivity index (χ0v) is 60.6. The fraction of sp³-hybridized carbons (Fsp3) is 0.554. The summed E-state index contributed by atoms with van der Waals surface area (Å²) >= 11 is 14.4. The first-order chi connectivity index (χ1) is 47.3. The maximum absolute atomic E-state index is 13.6. The highest BCUT2D eigenvalue weighted by atomic mass is 35.6. The number of rotatable bonds is 23. The molecule has 2 bridgehead atoms. The van der Waals surface area contributed by atoms with Crippen molar-refractivity contribution < 1.29 is 87.9 Å². The molecule has 29 nitrogen and oxygen atoms in total. The predicted molar refractivity (Wildman–Crippen MR) is 376 cm³/mol. The number of aliphatic carboxylic acids is 1. The number of Topliss-reactive ketones (excluding diaryl/α,β-unsaturated/α-hetero) is 2. The van der Waals surface area contributed by atoms with Crippen molar-refractivity contribution in [2.24, 2.45) is 23.0 Å². The number of amides is 4. The van der Waals surface area contributed by atoms with Crippen LogP contribution in [0.3, 0.4) is 0 Å². The first-order valence-electron chi connectivity index (χ1n) is 32.7. The number of nitrogens with zero attached hydrogens (tertiary/aromatic N) is 6. The number of para-hydroxylation sites is 2. The highest BCUT2D eigenvalue weighted by Crippen LogP contribution is 2.66. The number of nitrogens with two attached hydrogens (primary N) is 1. The van der Waals surface area contributed by atoms with Gasteiger partial charge in [-0.2, -0.15) is 34.4 Å². The van der Waals surface area contributed by atoms with Gasteiger partial charge in [0.25, 0.3) is 17.7 Å². The smallest absolute Gasteiger partial charge is 0.526 e. The maximum atomic E-state index is 13.6. The lowest BCUT2D eigenvalue weighted by molar-refractivity contribution is -0.199. The summed E-state index contributed by atoms with van der Waals surface area (Å²) in [5, 5.41) is 52.6. The van der Waals surface area contributed by atoms with E-state index in [0.29, 0.717) is 68.1 Å². The van der Waals surface area contributed by atoms with Crippen LogP contribution >= 0.6 is 34.4 Å². The molecule has 4 heterocycles. The van der Waals surface area contributed by atoms with Gasteiger partial charge < -0.3 is 70.4 Å². The van der Waals surface area contributed by atoms with Crippen LogP contribution in [0.15, 0.2) is 48.8 Å². The molecule has 100 heavy (non-hydrogen) atoms. The third kappa shape index (κ3) is 27.0. The van der Waals surface area contributed by atoms with Crippen molar-refractivity contribution in [3.05, 3.63) is 82.4 Å². The van der Waals surface area contributed by atoms with Gasteiger partial charge in [-0.05, 0) is 127 Å². The molecule has 3 saturated carbocycles. The van der Waals surface area contributed by atoms with Gasteiger partial charge in [-0.3, -0.25) is 24.0 Å². The number of carboxylic acids is 2. The van der Waals surface area contributed by atoms with Gasteiger partial charge in [0.1, 0.15) is 41.4 Å². The number of methoxy groups -OCH3 is 1. The van der Waals surface area contributed by atoms with Crippen molar-refractivity contribution >= 4 is 107 Å². The van der Waals surface area contributed by atoms with E-state index in [1.807, 2.05) is 39.7 Å². The van der Waals surface area contributed by atoms with Crippen molar-refractivity contribution in [2.75, 3.05) is 39.8 Å². The molecule has 0 spiro atoms. The van der Waals surface area contributed by atoms with Crippen LogP contribution in [0.1, 0.15) is 169 Å². The molecule has 2 aliphatic heterocycles. The van der Waals surface area contributed by atoms with Gasteiger partial charge in [-0.25, -0.2) is 28.5 Å². The Balaban J connectivity index is 0.000000402. The van der Waals surface area contributed by atoms with Gasteiger partial charge >= 0.3 is 43.2 Å². The number of esters is 1. The second kappa shape index (κ2) is 40.3.